The smallest absolute Gasteiger partial charge is 0.223 e. The molecule has 0 spiro atoms. The van der Waals surface area contributed by atoms with E-state index in [-0.39, 0.29) is 17.9 Å². The number of halogens is 1. The van der Waals surface area contributed by atoms with Gasteiger partial charge in [0.2, 0.25) is 5.91 Å². The third kappa shape index (κ3) is 4.19. The lowest BCUT2D eigenvalue weighted by atomic mass is 9.95. The van der Waals surface area contributed by atoms with Gasteiger partial charge in [-0.1, -0.05) is 48.9 Å². The number of amides is 1. The molecule has 2 aromatic carbocycles. The quantitative estimate of drug-likeness (QED) is 0.862. The van der Waals surface area contributed by atoms with Crippen molar-refractivity contribution in [2.45, 2.75) is 25.3 Å². The molecule has 138 valence electrons. The van der Waals surface area contributed by atoms with E-state index < -0.39 is 0 Å². The lowest BCUT2D eigenvalue weighted by molar-refractivity contribution is -0.134. The van der Waals surface area contributed by atoms with E-state index in [0.717, 1.165) is 30.0 Å². The second kappa shape index (κ2) is 8.56. The molecular formula is C21H25ClN2O2. The molecule has 2 unspecified atom stereocenters. The van der Waals surface area contributed by atoms with Crippen molar-refractivity contribution in [2.24, 2.45) is 0 Å². The van der Waals surface area contributed by atoms with Crippen molar-refractivity contribution in [3.05, 3.63) is 64.7 Å². The summed E-state index contributed by atoms with van der Waals surface area (Å²) in [6.45, 7) is 4.33. The van der Waals surface area contributed by atoms with Gasteiger partial charge in [-0.3, -0.25) is 4.79 Å². The maximum atomic E-state index is 13.0. The summed E-state index contributed by atoms with van der Waals surface area (Å²) in [7, 11) is 1.65. The van der Waals surface area contributed by atoms with Crippen molar-refractivity contribution in [3.8, 4) is 5.75 Å². The summed E-state index contributed by atoms with van der Waals surface area (Å²) in [6.07, 6.45) is 0.479. The minimum absolute atomic E-state index is 0.0204. The number of hydrogen-bond acceptors (Lipinski definition) is 3. The maximum Gasteiger partial charge on any atom is 0.223 e. The van der Waals surface area contributed by atoms with Crippen molar-refractivity contribution in [2.75, 3.05) is 26.7 Å². The third-order valence-corrected chi connectivity index (χ3v) is 5.34. The van der Waals surface area contributed by atoms with Gasteiger partial charge in [0.05, 0.1) is 13.2 Å². The number of methoxy groups -OCH3 is 1. The standard InChI is InChI=1S/C21H25ClN2O2/c1-15(16-7-9-17(26-2)10-8-16)13-21(25)24-12-11-23-14-20(24)18-5-3-4-6-19(18)22/h3-10,15,20,23H,11-14H2,1-2H3. The van der Waals surface area contributed by atoms with Gasteiger partial charge in [-0.15, -0.1) is 0 Å². The fraction of sp³-hybridized carbons (Fsp3) is 0.381. The zero-order valence-electron chi connectivity index (χ0n) is 15.2. The topological polar surface area (TPSA) is 41.6 Å². The van der Waals surface area contributed by atoms with Gasteiger partial charge in [0.1, 0.15) is 5.75 Å². The summed E-state index contributed by atoms with van der Waals surface area (Å²) in [6, 6.07) is 15.7. The average molecular weight is 373 g/mol. The number of benzene rings is 2. The lowest BCUT2D eigenvalue weighted by Gasteiger charge is -2.37. The van der Waals surface area contributed by atoms with Gasteiger partial charge in [-0.2, -0.15) is 0 Å². The third-order valence-electron chi connectivity index (χ3n) is 4.99. The Kier molecular flexibility index (Phi) is 6.17. The Morgan fingerprint density at radius 3 is 2.69 bits per heavy atom. The highest BCUT2D eigenvalue weighted by molar-refractivity contribution is 6.31. The molecule has 0 saturated carbocycles. The van der Waals surface area contributed by atoms with Crippen molar-refractivity contribution in [1.29, 1.82) is 0 Å². The first-order valence-electron chi connectivity index (χ1n) is 8.98. The Morgan fingerprint density at radius 2 is 2.00 bits per heavy atom. The number of nitrogens with zero attached hydrogens (tertiary/aromatic N) is 1. The second-order valence-corrected chi connectivity index (χ2v) is 7.11. The van der Waals surface area contributed by atoms with E-state index in [1.807, 2.05) is 53.4 Å². The van der Waals surface area contributed by atoms with Crippen LogP contribution in [0.4, 0.5) is 0 Å². The Hall–Kier alpha value is -2.04. The van der Waals surface area contributed by atoms with Gasteiger partial charge in [0.15, 0.2) is 0 Å². The first-order valence-corrected chi connectivity index (χ1v) is 9.36. The fourth-order valence-corrected chi connectivity index (χ4v) is 3.72. The number of rotatable bonds is 5. The zero-order chi connectivity index (χ0) is 18.5. The minimum Gasteiger partial charge on any atom is -0.497 e. The number of piperazine rings is 1. The molecule has 26 heavy (non-hydrogen) atoms. The van der Waals surface area contributed by atoms with Crippen LogP contribution < -0.4 is 10.1 Å². The zero-order valence-corrected chi connectivity index (χ0v) is 16.0. The highest BCUT2D eigenvalue weighted by Crippen LogP contribution is 2.30. The Morgan fingerprint density at radius 1 is 1.27 bits per heavy atom. The number of carbonyl (C=O) groups excluding carboxylic acids is 1. The van der Waals surface area contributed by atoms with E-state index in [2.05, 4.69) is 12.2 Å². The Balaban J connectivity index is 1.73. The molecule has 0 aromatic heterocycles. The molecule has 4 nitrogen and oxygen atoms in total. The monoisotopic (exact) mass is 372 g/mol. The molecule has 1 aliphatic rings. The number of ether oxygens (including phenoxy) is 1. The van der Waals surface area contributed by atoms with E-state index in [0.29, 0.717) is 18.0 Å². The Bertz CT molecular complexity index is 748. The van der Waals surface area contributed by atoms with E-state index in [1.165, 1.54) is 0 Å². The van der Waals surface area contributed by atoms with E-state index in [4.69, 9.17) is 16.3 Å². The van der Waals surface area contributed by atoms with Crippen molar-refractivity contribution in [1.82, 2.24) is 10.2 Å². The van der Waals surface area contributed by atoms with Gasteiger partial charge in [-0.25, -0.2) is 0 Å². The largest absolute Gasteiger partial charge is 0.497 e. The van der Waals surface area contributed by atoms with Gasteiger partial charge >= 0.3 is 0 Å². The molecule has 3 rings (SSSR count). The predicted octanol–water partition coefficient (Wildman–Crippen LogP) is 4.02. The van der Waals surface area contributed by atoms with Gasteiger partial charge < -0.3 is 15.0 Å². The van der Waals surface area contributed by atoms with Crippen LogP contribution in [0.2, 0.25) is 5.02 Å². The van der Waals surface area contributed by atoms with Crippen LogP contribution in [-0.4, -0.2) is 37.6 Å². The second-order valence-electron chi connectivity index (χ2n) is 6.71. The van der Waals surface area contributed by atoms with Crippen LogP contribution in [0.15, 0.2) is 48.5 Å². The predicted molar refractivity (Wildman–Crippen MR) is 105 cm³/mol. The van der Waals surface area contributed by atoms with Crippen LogP contribution >= 0.6 is 11.6 Å². The maximum absolute atomic E-state index is 13.0. The summed E-state index contributed by atoms with van der Waals surface area (Å²) >= 11 is 6.38. The minimum atomic E-state index is -0.0204. The van der Waals surface area contributed by atoms with Crippen molar-refractivity contribution < 1.29 is 9.53 Å². The molecule has 1 heterocycles. The van der Waals surface area contributed by atoms with Crippen LogP contribution in [0, 0.1) is 0 Å². The molecular weight excluding hydrogens is 348 g/mol. The number of carbonyl (C=O) groups is 1. The molecule has 1 N–H and O–H groups in total. The van der Waals surface area contributed by atoms with E-state index >= 15 is 0 Å². The molecule has 0 aliphatic carbocycles. The van der Waals surface area contributed by atoms with E-state index in [1.54, 1.807) is 7.11 Å². The lowest BCUT2D eigenvalue weighted by Crippen LogP contribution is -2.49. The molecule has 1 aliphatic heterocycles. The van der Waals surface area contributed by atoms with Crippen LogP contribution in [0.3, 0.4) is 0 Å². The summed E-state index contributed by atoms with van der Waals surface area (Å²) in [5.74, 6) is 1.14. The van der Waals surface area contributed by atoms with Gasteiger partial charge in [0, 0.05) is 31.1 Å². The summed E-state index contributed by atoms with van der Waals surface area (Å²) in [4.78, 5) is 15.0. The summed E-state index contributed by atoms with van der Waals surface area (Å²) in [5, 5.41) is 4.09. The van der Waals surface area contributed by atoms with Crippen LogP contribution in [-0.2, 0) is 4.79 Å². The Labute approximate surface area is 160 Å². The highest BCUT2D eigenvalue weighted by Gasteiger charge is 2.29. The average Bonchev–Trinajstić information content (AvgIpc) is 2.68. The number of nitrogens with one attached hydrogen (secondary N) is 1. The molecule has 1 saturated heterocycles. The normalized spacial score (nSPS) is 18.4. The molecule has 5 heteroatoms. The molecule has 0 bridgehead atoms. The molecule has 2 aromatic rings. The first kappa shape index (κ1) is 18.7. The summed E-state index contributed by atoms with van der Waals surface area (Å²) in [5.41, 5.74) is 2.15. The summed E-state index contributed by atoms with van der Waals surface area (Å²) < 4.78 is 5.20. The van der Waals surface area contributed by atoms with Gasteiger partial charge in [-0.05, 0) is 35.2 Å². The van der Waals surface area contributed by atoms with E-state index in [9.17, 15) is 4.79 Å². The highest BCUT2D eigenvalue weighted by atomic mass is 35.5. The van der Waals surface area contributed by atoms with Gasteiger partial charge in [0.25, 0.3) is 0 Å². The van der Waals surface area contributed by atoms with Crippen LogP contribution in [0.5, 0.6) is 5.75 Å². The first-order chi connectivity index (χ1) is 12.6. The molecule has 1 amide bonds. The molecule has 0 radical (unpaired) electrons. The number of hydrogen-bond donors (Lipinski definition) is 1. The van der Waals surface area contributed by atoms with Crippen molar-refractivity contribution in [3.63, 3.8) is 0 Å². The SMILES string of the molecule is COc1ccc(C(C)CC(=O)N2CCNCC2c2ccccc2Cl)cc1. The fourth-order valence-electron chi connectivity index (χ4n) is 3.46. The molecule has 1 fully saturated rings. The van der Waals surface area contributed by atoms with Crippen molar-refractivity contribution >= 4 is 17.5 Å². The van der Waals surface area contributed by atoms with Crippen LogP contribution in [0.25, 0.3) is 0 Å². The van der Waals surface area contributed by atoms with Crippen LogP contribution in [0.1, 0.15) is 36.4 Å². The molecule has 2 atom stereocenters.